The van der Waals surface area contributed by atoms with Gasteiger partial charge in [0.05, 0.1) is 5.69 Å². The van der Waals surface area contributed by atoms with Gasteiger partial charge in [-0.3, -0.25) is 4.68 Å². The fraction of sp³-hybridized carbons (Fsp3) is 0.812. The van der Waals surface area contributed by atoms with E-state index in [0.29, 0.717) is 11.5 Å². The van der Waals surface area contributed by atoms with E-state index in [1.807, 2.05) is 7.05 Å². The van der Waals surface area contributed by atoms with Crippen molar-refractivity contribution in [3.05, 3.63) is 16.4 Å². The van der Waals surface area contributed by atoms with Crippen LogP contribution >= 0.6 is 11.6 Å². The summed E-state index contributed by atoms with van der Waals surface area (Å²) in [6, 6.07) is 0.514. The van der Waals surface area contributed by atoms with Gasteiger partial charge in [0, 0.05) is 18.7 Å². The van der Waals surface area contributed by atoms with E-state index in [0.717, 1.165) is 23.8 Å². The van der Waals surface area contributed by atoms with Gasteiger partial charge in [-0.15, -0.1) is 0 Å². The zero-order chi connectivity index (χ0) is 14.8. The number of hydrogen-bond acceptors (Lipinski definition) is 2. The maximum Gasteiger partial charge on any atom is 0.130 e. The van der Waals surface area contributed by atoms with Crippen LogP contribution in [-0.4, -0.2) is 22.4 Å². The molecule has 1 aromatic rings. The lowest BCUT2D eigenvalue weighted by atomic mass is 9.74. The fourth-order valence-electron chi connectivity index (χ4n) is 3.89. The molecule has 1 saturated carbocycles. The first-order chi connectivity index (χ1) is 9.54. The summed E-state index contributed by atoms with van der Waals surface area (Å²) in [5.74, 6) is 0. The van der Waals surface area contributed by atoms with Crippen molar-refractivity contribution >= 4 is 11.6 Å². The van der Waals surface area contributed by atoms with E-state index in [4.69, 9.17) is 11.6 Å². The first-order valence-corrected chi connectivity index (χ1v) is 8.33. The van der Waals surface area contributed by atoms with E-state index < -0.39 is 0 Å². The quantitative estimate of drug-likeness (QED) is 0.864. The van der Waals surface area contributed by atoms with Crippen molar-refractivity contribution in [2.75, 3.05) is 6.54 Å². The van der Waals surface area contributed by atoms with Crippen LogP contribution in [0.2, 0.25) is 5.15 Å². The van der Waals surface area contributed by atoms with Crippen LogP contribution in [0.5, 0.6) is 0 Å². The molecule has 1 aliphatic rings. The third-order valence-corrected chi connectivity index (χ3v) is 5.64. The van der Waals surface area contributed by atoms with Crippen LogP contribution in [-0.2, 0) is 13.5 Å². The third-order valence-electron chi connectivity index (χ3n) is 5.17. The standard InChI is InChI=1S/C16H28ClN3/c1-5-16(9-7-8-10-16)14(18-6-2)11-13-12(3)19-20(4)15(13)17/h14,18H,5-11H2,1-4H3. The molecule has 4 heteroatoms. The van der Waals surface area contributed by atoms with Crippen molar-refractivity contribution < 1.29 is 0 Å². The van der Waals surface area contributed by atoms with Gasteiger partial charge in [-0.1, -0.05) is 38.3 Å². The number of likely N-dealkylation sites (N-methyl/N-ethyl adjacent to an activating group) is 1. The van der Waals surface area contributed by atoms with Gasteiger partial charge in [-0.05, 0) is 44.6 Å². The summed E-state index contributed by atoms with van der Waals surface area (Å²) in [6.45, 7) is 7.62. The smallest absolute Gasteiger partial charge is 0.130 e. The molecule has 0 saturated heterocycles. The molecule has 114 valence electrons. The minimum Gasteiger partial charge on any atom is -0.313 e. The SMILES string of the molecule is CCNC(Cc1c(C)nn(C)c1Cl)C1(CC)CCCC1. The largest absolute Gasteiger partial charge is 0.313 e. The molecular formula is C16H28ClN3. The third kappa shape index (κ3) is 2.89. The van der Waals surface area contributed by atoms with Crippen LogP contribution in [0.15, 0.2) is 0 Å². The molecule has 1 N–H and O–H groups in total. The molecule has 0 bridgehead atoms. The van der Waals surface area contributed by atoms with Gasteiger partial charge in [0.25, 0.3) is 0 Å². The summed E-state index contributed by atoms with van der Waals surface area (Å²) in [4.78, 5) is 0. The lowest BCUT2D eigenvalue weighted by Crippen LogP contribution is -2.45. The van der Waals surface area contributed by atoms with E-state index in [1.54, 1.807) is 4.68 Å². The van der Waals surface area contributed by atoms with Gasteiger partial charge in [0.15, 0.2) is 0 Å². The van der Waals surface area contributed by atoms with E-state index in [9.17, 15) is 0 Å². The lowest BCUT2D eigenvalue weighted by Gasteiger charge is -2.37. The number of nitrogens with one attached hydrogen (secondary N) is 1. The highest BCUT2D eigenvalue weighted by molar-refractivity contribution is 6.30. The van der Waals surface area contributed by atoms with Crippen molar-refractivity contribution in [3.8, 4) is 0 Å². The van der Waals surface area contributed by atoms with Gasteiger partial charge in [0.2, 0.25) is 0 Å². The highest BCUT2D eigenvalue weighted by Gasteiger charge is 2.39. The Kier molecular flexibility index (Phi) is 5.14. The molecule has 1 unspecified atom stereocenters. The van der Waals surface area contributed by atoms with Gasteiger partial charge in [-0.25, -0.2) is 0 Å². The molecule has 0 radical (unpaired) electrons. The van der Waals surface area contributed by atoms with E-state index in [-0.39, 0.29) is 0 Å². The average molecular weight is 298 g/mol. The summed E-state index contributed by atoms with van der Waals surface area (Å²) in [5.41, 5.74) is 2.74. The van der Waals surface area contributed by atoms with Crippen LogP contribution in [0.3, 0.4) is 0 Å². The summed E-state index contributed by atoms with van der Waals surface area (Å²) < 4.78 is 1.79. The van der Waals surface area contributed by atoms with E-state index in [2.05, 4.69) is 31.2 Å². The van der Waals surface area contributed by atoms with Crippen LogP contribution in [0.4, 0.5) is 0 Å². The zero-order valence-electron chi connectivity index (χ0n) is 13.3. The summed E-state index contributed by atoms with van der Waals surface area (Å²) in [7, 11) is 1.92. The van der Waals surface area contributed by atoms with Crippen molar-refractivity contribution in [1.82, 2.24) is 15.1 Å². The van der Waals surface area contributed by atoms with Gasteiger partial charge >= 0.3 is 0 Å². The van der Waals surface area contributed by atoms with Gasteiger partial charge in [-0.2, -0.15) is 5.10 Å². The Morgan fingerprint density at radius 3 is 2.45 bits per heavy atom. The Morgan fingerprint density at radius 1 is 1.35 bits per heavy atom. The normalized spacial score (nSPS) is 19.4. The molecule has 0 aliphatic heterocycles. The molecule has 2 rings (SSSR count). The monoisotopic (exact) mass is 297 g/mol. The maximum absolute atomic E-state index is 6.43. The molecule has 1 aliphatic carbocycles. The summed E-state index contributed by atoms with van der Waals surface area (Å²) in [6.07, 6.45) is 7.68. The van der Waals surface area contributed by atoms with Crippen LogP contribution in [0.1, 0.15) is 57.2 Å². The van der Waals surface area contributed by atoms with Crippen molar-refractivity contribution in [2.24, 2.45) is 12.5 Å². The zero-order valence-corrected chi connectivity index (χ0v) is 14.1. The predicted molar refractivity (Wildman–Crippen MR) is 85.3 cm³/mol. The molecule has 1 heterocycles. The van der Waals surface area contributed by atoms with Crippen LogP contribution in [0.25, 0.3) is 0 Å². The summed E-state index contributed by atoms with van der Waals surface area (Å²) in [5, 5.41) is 8.99. The average Bonchev–Trinajstić information content (AvgIpc) is 3.00. The number of hydrogen-bond donors (Lipinski definition) is 1. The van der Waals surface area contributed by atoms with Gasteiger partial charge in [0.1, 0.15) is 5.15 Å². The number of aryl methyl sites for hydroxylation is 2. The Bertz CT molecular complexity index is 447. The predicted octanol–water partition coefficient (Wildman–Crippen LogP) is 3.87. The molecule has 20 heavy (non-hydrogen) atoms. The lowest BCUT2D eigenvalue weighted by molar-refractivity contribution is 0.186. The first-order valence-electron chi connectivity index (χ1n) is 7.95. The number of aromatic nitrogens is 2. The minimum absolute atomic E-state index is 0.446. The molecule has 3 nitrogen and oxygen atoms in total. The summed E-state index contributed by atoms with van der Waals surface area (Å²) >= 11 is 6.43. The minimum atomic E-state index is 0.446. The molecule has 0 spiro atoms. The molecule has 1 atom stereocenters. The number of rotatable bonds is 6. The fourth-order valence-corrected chi connectivity index (χ4v) is 4.14. The molecule has 0 aromatic carbocycles. The van der Waals surface area contributed by atoms with Crippen molar-refractivity contribution in [2.45, 2.75) is 65.3 Å². The van der Waals surface area contributed by atoms with Gasteiger partial charge < -0.3 is 5.32 Å². The Balaban J connectivity index is 2.25. The Labute approximate surface area is 128 Å². The second-order valence-corrected chi connectivity index (χ2v) is 6.57. The topological polar surface area (TPSA) is 29.9 Å². The molecule has 0 amide bonds. The maximum atomic E-state index is 6.43. The second kappa shape index (κ2) is 6.48. The van der Waals surface area contributed by atoms with Crippen LogP contribution < -0.4 is 5.32 Å². The highest BCUT2D eigenvalue weighted by Crippen LogP contribution is 2.45. The molecular weight excluding hydrogens is 270 g/mol. The first kappa shape index (κ1) is 15.8. The van der Waals surface area contributed by atoms with Crippen molar-refractivity contribution in [1.29, 1.82) is 0 Å². The van der Waals surface area contributed by atoms with E-state index in [1.165, 1.54) is 37.7 Å². The highest BCUT2D eigenvalue weighted by atomic mass is 35.5. The van der Waals surface area contributed by atoms with E-state index >= 15 is 0 Å². The molecule has 1 fully saturated rings. The van der Waals surface area contributed by atoms with Crippen molar-refractivity contribution in [3.63, 3.8) is 0 Å². The van der Waals surface area contributed by atoms with Crippen LogP contribution in [0, 0.1) is 12.3 Å². The Hall–Kier alpha value is -0.540. The number of nitrogens with zero attached hydrogens (tertiary/aromatic N) is 2. The second-order valence-electron chi connectivity index (χ2n) is 6.22. The number of halogens is 1. The molecule has 1 aromatic heterocycles. The Morgan fingerprint density at radius 2 is 2.00 bits per heavy atom.